The van der Waals surface area contributed by atoms with Crippen molar-refractivity contribution in [3.8, 4) is 0 Å². The van der Waals surface area contributed by atoms with Gasteiger partial charge < -0.3 is 11.1 Å². The summed E-state index contributed by atoms with van der Waals surface area (Å²) >= 11 is 1.66. The number of hydrogen-bond acceptors (Lipinski definition) is 5. The van der Waals surface area contributed by atoms with E-state index in [-0.39, 0.29) is 5.69 Å². The molecular formula is C12H13N3O2S. The minimum atomic E-state index is -0.446. The Hall–Kier alpha value is -2.08. The summed E-state index contributed by atoms with van der Waals surface area (Å²) in [4.78, 5) is 11.5. The molecule has 18 heavy (non-hydrogen) atoms. The van der Waals surface area contributed by atoms with Crippen LogP contribution in [0.25, 0.3) is 0 Å². The second-order valence-electron chi connectivity index (χ2n) is 3.95. The van der Waals surface area contributed by atoms with E-state index in [2.05, 4.69) is 5.32 Å². The first-order valence-electron chi connectivity index (χ1n) is 5.38. The third kappa shape index (κ3) is 2.78. The zero-order valence-corrected chi connectivity index (χ0v) is 10.7. The van der Waals surface area contributed by atoms with Gasteiger partial charge >= 0.3 is 0 Å². The van der Waals surface area contributed by atoms with Gasteiger partial charge in [-0.1, -0.05) is 0 Å². The molecule has 1 heterocycles. The number of rotatable bonds is 4. The summed E-state index contributed by atoms with van der Waals surface area (Å²) in [5.74, 6) is 0. The van der Waals surface area contributed by atoms with Crippen molar-refractivity contribution >= 4 is 28.4 Å². The van der Waals surface area contributed by atoms with E-state index in [4.69, 9.17) is 5.73 Å². The number of nitro groups is 1. The second kappa shape index (κ2) is 5.05. The Bertz CT molecular complexity index is 580. The van der Waals surface area contributed by atoms with E-state index in [9.17, 15) is 10.1 Å². The van der Waals surface area contributed by atoms with E-state index < -0.39 is 4.92 Å². The van der Waals surface area contributed by atoms with E-state index in [1.54, 1.807) is 17.4 Å². The molecule has 0 radical (unpaired) electrons. The molecule has 0 amide bonds. The summed E-state index contributed by atoms with van der Waals surface area (Å²) in [6.07, 6.45) is 0. The number of nitro benzene ring substituents is 1. The van der Waals surface area contributed by atoms with Gasteiger partial charge in [0.2, 0.25) is 0 Å². The molecule has 0 saturated heterocycles. The molecule has 94 valence electrons. The van der Waals surface area contributed by atoms with Gasteiger partial charge in [-0.25, -0.2) is 0 Å². The fourth-order valence-corrected chi connectivity index (χ4v) is 2.46. The Kier molecular flexibility index (Phi) is 3.47. The fourth-order valence-electron chi connectivity index (χ4n) is 1.61. The monoisotopic (exact) mass is 263 g/mol. The maximum Gasteiger partial charge on any atom is 0.273 e. The van der Waals surface area contributed by atoms with Crippen molar-refractivity contribution in [1.82, 2.24) is 0 Å². The van der Waals surface area contributed by atoms with Crippen LogP contribution in [0.2, 0.25) is 0 Å². The molecule has 0 aliphatic rings. The van der Waals surface area contributed by atoms with Crippen LogP contribution in [-0.2, 0) is 6.54 Å². The SMILES string of the molecule is Cc1ccsc1CNc1cc(N)cc([N+](=O)[O-])c1. The number of aryl methyl sites for hydroxylation is 1. The van der Waals surface area contributed by atoms with Crippen LogP contribution >= 0.6 is 11.3 Å². The summed E-state index contributed by atoms with van der Waals surface area (Å²) in [5, 5.41) is 15.9. The third-order valence-corrected chi connectivity index (χ3v) is 3.60. The third-order valence-electron chi connectivity index (χ3n) is 2.57. The van der Waals surface area contributed by atoms with Gasteiger partial charge in [-0.3, -0.25) is 10.1 Å². The zero-order chi connectivity index (χ0) is 13.1. The molecule has 1 aromatic carbocycles. The van der Waals surface area contributed by atoms with Gasteiger partial charge in [0.15, 0.2) is 0 Å². The fraction of sp³-hybridized carbons (Fsp3) is 0.167. The lowest BCUT2D eigenvalue weighted by molar-refractivity contribution is -0.384. The highest BCUT2D eigenvalue weighted by Crippen LogP contribution is 2.24. The molecule has 0 saturated carbocycles. The maximum absolute atomic E-state index is 10.7. The molecule has 0 aliphatic carbocycles. The first kappa shape index (κ1) is 12.4. The molecule has 3 N–H and O–H groups in total. The molecule has 0 spiro atoms. The summed E-state index contributed by atoms with van der Waals surface area (Å²) in [6.45, 7) is 2.68. The van der Waals surface area contributed by atoms with Crippen LogP contribution < -0.4 is 11.1 Å². The van der Waals surface area contributed by atoms with Gasteiger partial charge in [-0.15, -0.1) is 11.3 Å². The first-order chi connectivity index (χ1) is 8.56. The average molecular weight is 263 g/mol. The summed E-state index contributed by atoms with van der Waals surface area (Å²) < 4.78 is 0. The Morgan fingerprint density at radius 1 is 1.44 bits per heavy atom. The van der Waals surface area contributed by atoms with Gasteiger partial charge in [-0.2, -0.15) is 0 Å². The molecule has 2 rings (SSSR count). The average Bonchev–Trinajstić information content (AvgIpc) is 2.71. The molecule has 6 heteroatoms. The molecule has 2 aromatic rings. The number of thiophene rings is 1. The Morgan fingerprint density at radius 3 is 2.83 bits per heavy atom. The van der Waals surface area contributed by atoms with Crippen LogP contribution in [-0.4, -0.2) is 4.92 Å². The molecule has 0 aliphatic heterocycles. The van der Waals surface area contributed by atoms with Crippen molar-refractivity contribution in [1.29, 1.82) is 0 Å². The van der Waals surface area contributed by atoms with Crippen molar-refractivity contribution in [2.45, 2.75) is 13.5 Å². The van der Waals surface area contributed by atoms with Gasteiger partial charge in [0.05, 0.1) is 4.92 Å². The molecule has 1 aromatic heterocycles. The standard InChI is InChI=1S/C12H13N3O2S/c1-8-2-3-18-12(8)7-14-10-4-9(13)5-11(6-10)15(16)17/h2-6,14H,7,13H2,1H3. The minimum absolute atomic E-state index is 0.000372. The number of benzene rings is 1. The number of nitrogens with zero attached hydrogens (tertiary/aromatic N) is 1. The number of hydrogen-bond donors (Lipinski definition) is 2. The van der Waals surface area contributed by atoms with E-state index in [1.165, 1.54) is 22.6 Å². The number of non-ortho nitro benzene ring substituents is 1. The summed E-state index contributed by atoms with van der Waals surface area (Å²) in [6, 6.07) is 6.57. The van der Waals surface area contributed by atoms with Crippen LogP contribution in [0.3, 0.4) is 0 Å². The van der Waals surface area contributed by atoms with Crippen LogP contribution in [0, 0.1) is 17.0 Å². The number of anilines is 2. The largest absolute Gasteiger partial charge is 0.398 e. The molecule has 5 nitrogen and oxygen atoms in total. The van der Waals surface area contributed by atoms with Crippen molar-refractivity contribution < 1.29 is 4.92 Å². The predicted molar refractivity (Wildman–Crippen MR) is 73.9 cm³/mol. The van der Waals surface area contributed by atoms with Gasteiger partial charge in [0.1, 0.15) is 0 Å². The lowest BCUT2D eigenvalue weighted by Crippen LogP contribution is -2.01. The second-order valence-corrected chi connectivity index (χ2v) is 4.95. The Balaban J connectivity index is 2.14. The lowest BCUT2D eigenvalue weighted by Gasteiger charge is -2.06. The quantitative estimate of drug-likeness (QED) is 0.504. The van der Waals surface area contributed by atoms with Crippen molar-refractivity contribution in [3.63, 3.8) is 0 Å². The van der Waals surface area contributed by atoms with Crippen molar-refractivity contribution in [3.05, 3.63) is 50.2 Å². The van der Waals surface area contributed by atoms with E-state index in [0.717, 1.165) is 0 Å². The highest BCUT2D eigenvalue weighted by Gasteiger charge is 2.08. The Labute approximate surface area is 108 Å². The number of nitrogens with one attached hydrogen (secondary N) is 1. The topological polar surface area (TPSA) is 81.2 Å². The summed E-state index contributed by atoms with van der Waals surface area (Å²) in [5.41, 5.74) is 7.89. The van der Waals surface area contributed by atoms with E-state index in [0.29, 0.717) is 17.9 Å². The smallest absolute Gasteiger partial charge is 0.273 e. The maximum atomic E-state index is 10.7. The van der Waals surface area contributed by atoms with Crippen LogP contribution in [0.1, 0.15) is 10.4 Å². The number of nitrogen functional groups attached to an aromatic ring is 1. The first-order valence-corrected chi connectivity index (χ1v) is 6.26. The van der Waals surface area contributed by atoms with Crippen molar-refractivity contribution in [2.75, 3.05) is 11.1 Å². The van der Waals surface area contributed by atoms with E-state index >= 15 is 0 Å². The Morgan fingerprint density at radius 2 is 2.22 bits per heavy atom. The van der Waals surface area contributed by atoms with Gasteiger partial charge in [0, 0.05) is 34.9 Å². The zero-order valence-electron chi connectivity index (χ0n) is 9.84. The lowest BCUT2D eigenvalue weighted by atomic mass is 10.2. The van der Waals surface area contributed by atoms with Crippen LogP contribution in [0.4, 0.5) is 17.1 Å². The molecule has 0 atom stereocenters. The van der Waals surface area contributed by atoms with Crippen molar-refractivity contribution in [2.24, 2.45) is 0 Å². The minimum Gasteiger partial charge on any atom is -0.398 e. The van der Waals surface area contributed by atoms with E-state index in [1.807, 2.05) is 18.4 Å². The predicted octanol–water partition coefficient (Wildman–Crippen LogP) is 3.16. The highest BCUT2D eigenvalue weighted by molar-refractivity contribution is 7.10. The molecule has 0 bridgehead atoms. The van der Waals surface area contributed by atoms with Crippen LogP contribution in [0.5, 0.6) is 0 Å². The number of nitrogens with two attached hydrogens (primary N) is 1. The molecule has 0 fully saturated rings. The normalized spacial score (nSPS) is 10.3. The summed E-state index contributed by atoms with van der Waals surface area (Å²) in [7, 11) is 0. The molecule has 0 unspecified atom stereocenters. The van der Waals surface area contributed by atoms with Crippen LogP contribution in [0.15, 0.2) is 29.6 Å². The van der Waals surface area contributed by atoms with Gasteiger partial charge in [-0.05, 0) is 30.0 Å². The highest BCUT2D eigenvalue weighted by atomic mass is 32.1. The van der Waals surface area contributed by atoms with Gasteiger partial charge in [0.25, 0.3) is 5.69 Å². The molecular weight excluding hydrogens is 250 g/mol.